The Morgan fingerprint density at radius 3 is 2.61 bits per heavy atom. The van der Waals surface area contributed by atoms with Crippen LogP contribution >= 0.6 is 0 Å². The summed E-state index contributed by atoms with van der Waals surface area (Å²) in [5.74, 6) is -1.46. The Balaban J connectivity index is 1.61. The minimum Gasteiger partial charge on any atom is -0.472 e. The van der Waals surface area contributed by atoms with E-state index in [0.29, 0.717) is 5.56 Å². The second kappa shape index (κ2) is 8.35. The van der Waals surface area contributed by atoms with Gasteiger partial charge < -0.3 is 19.7 Å². The van der Waals surface area contributed by atoms with E-state index < -0.39 is 23.4 Å². The second-order valence-electron chi connectivity index (χ2n) is 7.80. The standard InChI is InChI=1S/C24H23FN2O4/c1-16-7-8-19(20(25)13-16)23(30)27-11-10-24(21(28)14-27,18-5-3-2-4-6-18)26-22(29)17-9-12-31-15-17/h2-9,12-13,15,21,28H,10-11,14H2,1H3,(H,26,29)/t21-,24+/m1/s1. The van der Waals surface area contributed by atoms with Crippen molar-refractivity contribution in [3.8, 4) is 0 Å². The van der Waals surface area contributed by atoms with E-state index in [9.17, 15) is 19.1 Å². The van der Waals surface area contributed by atoms with Crippen molar-refractivity contribution in [3.05, 3.63) is 95.2 Å². The fourth-order valence-corrected chi connectivity index (χ4v) is 4.04. The summed E-state index contributed by atoms with van der Waals surface area (Å²) in [6, 6.07) is 15.1. The molecule has 0 spiro atoms. The van der Waals surface area contributed by atoms with Gasteiger partial charge in [-0.3, -0.25) is 9.59 Å². The third-order valence-corrected chi connectivity index (χ3v) is 5.79. The fraction of sp³-hybridized carbons (Fsp3) is 0.250. The van der Waals surface area contributed by atoms with Gasteiger partial charge in [-0.1, -0.05) is 36.4 Å². The summed E-state index contributed by atoms with van der Waals surface area (Å²) in [6.07, 6.45) is 1.90. The average molecular weight is 422 g/mol. The number of aliphatic hydroxyl groups is 1. The summed E-state index contributed by atoms with van der Waals surface area (Å²) in [4.78, 5) is 27.1. The predicted molar refractivity (Wildman–Crippen MR) is 112 cm³/mol. The van der Waals surface area contributed by atoms with Crippen molar-refractivity contribution in [1.29, 1.82) is 0 Å². The highest BCUT2D eigenvalue weighted by Crippen LogP contribution is 2.34. The normalized spacial score (nSPS) is 21.0. The van der Waals surface area contributed by atoms with E-state index in [2.05, 4.69) is 5.32 Å². The zero-order chi connectivity index (χ0) is 22.0. The largest absolute Gasteiger partial charge is 0.472 e. The topological polar surface area (TPSA) is 82.8 Å². The van der Waals surface area contributed by atoms with Gasteiger partial charge in [0.25, 0.3) is 11.8 Å². The lowest BCUT2D eigenvalue weighted by molar-refractivity contribution is -0.0108. The van der Waals surface area contributed by atoms with E-state index >= 15 is 0 Å². The third-order valence-electron chi connectivity index (χ3n) is 5.79. The number of aryl methyl sites for hydroxylation is 1. The van der Waals surface area contributed by atoms with Crippen LogP contribution in [0.2, 0.25) is 0 Å². The van der Waals surface area contributed by atoms with Crippen molar-refractivity contribution >= 4 is 11.8 Å². The Bertz CT molecular complexity index is 1080. The number of carbonyl (C=O) groups excluding carboxylic acids is 2. The number of benzene rings is 2. The zero-order valence-electron chi connectivity index (χ0n) is 17.0. The van der Waals surface area contributed by atoms with Crippen LogP contribution in [0.1, 0.15) is 38.3 Å². The van der Waals surface area contributed by atoms with Crippen LogP contribution < -0.4 is 5.32 Å². The van der Waals surface area contributed by atoms with Crippen molar-refractivity contribution in [2.45, 2.75) is 25.0 Å². The number of amides is 2. The van der Waals surface area contributed by atoms with Gasteiger partial charge in [0, 0.05) is 13.1 Å². The molecule has 1 aliphatic rings. The smallest absolute Gasteiger partial charge is 0.256 e. The maximum atomic E-state index is 14.3. The molecular weight excluding hydrogens is 399 g/mol. The Morgan fingerprint density at radius 1 is 1.19 bits per heavy atom. The SMILES string of the molecule is Cc1ccc(C(=O)N2CC[C@](NC(=O)c3ccoc3)(c3ccccc3)[C@H](O)C2)c(F)c1. The van der Waals surface area contributed by atoms with Crippen LogP contribution in [0, 0.1) is 12.7 Å². The minimum absolute atomic E-state index is 0.0348. The quantitative estimate of drug-likeness (QED) is 0.676. The van der Waals surface area contributed by atoms with Gasteiger partial charge in [-0.15, -0.1) is 0 Å². The van der Waals surface area contributed by atoms with E-state index in [4.69, 9.17) is 4.42 Å². The number of nitrogens with zero attached hydrogens (tertiary/aromatic N) is 1. The van der Waals surface area contributed by atoms with Gasteiger partial charge in [-0.25, -0.2) is 4.39 Å². The van der Waals surface area contributed by atoms with Gasteiger partial charge in [0.2, 0.25) is 0 Å². The van der Waals surface area contributed by atoms with Crippen molar-refractivity contribution in [1.82, 2.24) is 10.2 Å². The molecule has 0 saturated carbocycles. The molecule has 2 atom stereocenters. The van der Waals surface area contributed by atoms with E-state index in [1.54, 1.807) is 19.1 Å². The van der Waals surface area contributed by atoms with Crippen LogP contribution in [0.15, 0.2) is 71.5 Å². The lowest BCUT2D eigenvalue weighted by atomic mass is 9.78. The molecule has 0 bridgehead atoms. The molecule has 3 aromatic rings. The van der Waals surface area contributed by atoms with Gasteiger partial charge in [-0.05, 0) is 42.7 Å². The predicted octanol–water partition coefficient (Wildman–Crippen LogP) is 3.26. The van der Waals surface area contributed by atoms with Gasteiger partial charge in [0.15, 0.2) is 0 Å². The number of nitrogens with one attached hydrogen (secondary N) is 1. The summed E-state index contributed by atoms with van der Waals surface area (Å²) >= 11 is 0. The van der Waals surface area contributed by atoms with Crippen LogP contribution in [0.4, 0.5) is 4.39 Å². The first kappa shape index (κ1) is 20.8. The summed E-state index contributed by atoms with van der Waals surface area (Å²) in [5.41, 5.74) is 0.652. The summed E-state index contributed by atoms with van der Waals surface area (Å²) in [7, 11) is 0. The number of rotatable bonds is 4. The van der Waals surface area contributed by atoms with Crippen LogP contribution in [0.25, 0.3) is 0 Å². The molecule has 2 aromatic carbocycles. The number of β-amino-alcohol motifs (C(OH)–C–C–N with tert-alkyl or cyclic N) is 1. The van der Waals surface area contributed by atoms with Crippen LogP contribution in [0.5, 0.6) is 0 Å². The molecule has 31 heavy (non-hydrogen) atoms. The van der Waals surface area contributed by atoms with Gasteiger partial charge in [0.1, 0.15) is 12.1 Å². The molecule has 160 valence electrons. The number of hydrogen-bond donors (Lipinski definition) is 2. The summed E-state index contributed by atoms with van der Waals surface area (Å²) < 4.78 is 19.3. The molecule has 1 aromatic heterocycles. The van der Waals surface area contributed by atoms with Crippen LogP contribution in [0.3, 0.4) is 0 Å². The molecule has 1 aliphatic heterocycles. The molecule has 1 saturated heterocycles. The summed E-state index contributed by atoms with van der Waals surface area (Å²) in [6.45, 7) is 1.94. The van der Waals surface area contributed by atoms with Gasteiger partial charge in [-0.2, -0.15) is 0 Å². The molecule has 2 N–H and O–H groups in total. The second-order valence-corrected chi connectivity index (χ2v) is 7.80. The number of piperidine rings is 1. The highest BCUT2D eigenvalue weighted by atomic mass is 19.1. The average Bonchev–Trinajstić information content (AvgIpc) is 3.30. The third kappa shape index (κ3) is 3.96. The first-order valence-corrected chi connectivity index (χ1v) is 10.0. The van der Waals surface area contributed by atoms with E-state index in [-0.39, 0.29) is 31.0 Å². The van der Waals surface area contributed by atoms with Crippen molar-refractivity contribution in [3.63, 3.8) is 0 Å². The van der Waals surface area contributed by atoms with Crippen molar-refractivity contribution < 1.29 is 23.5 Å². The first-order valence-electron chi connectivity index (χ1n) is 10.0. The number of furan rings is 1. The molecule has 0 unspecified atom stereocenters. The number of aliphatic hydroxyl groups excluding tert-OH is 1. The monoisotopic (exact) mass is 422 g/mol. The number of halogens is 1. The molecule has 4 rings (SSSR count). The van der Waals surface area contributed by atoms with Crippen LogP contribution in [-0.4, -0.2) is 41.0 Å². The number of hydrogen-bond acceptors (Lipinski definition) is 4. The Hall–Kier alpha value is -3.45. The van der Waals surface area contributed by atoms with Gasteiger partial charge in [0.05, 0.1) is 29.0 Å². The lowest BCUT2D eigenvalue weighted by Crippen LogP contribution is -2.62. The van der Waals surface area contributed by atoms with Crippen LogP contribution in [-0.2, 0) is 5.54 Å². The lowest BCUT2D eigenvalue weighted by Gasteiger charge is -2.46. The van der Waals surface area contributed by atoms with Crippen molar-refractivity contribution in [2.24, 2.45) is 0 Å². The highest BCUT2D eigenvalue weighted by Gasteiger charge is 2.46. The maximum Gasteiger partial charge on any atom is 0.256 e. The molecule has 6 nitrogen and oxygen atoms in total. The molecule has 0 aliphatic carbocycles. The minimum atomic E-state index is -1.10. The number of likely N-dealkylation sites (tertiary alicyclic amines) is 1. The molecular formula is C24H23FN2O4. The van der Waals surface area contributed by atoms with Gasteiger partial charge >= 0.3 is 0 Å². The Kier molecular flexibility index (Phi) is 5.61. The zero-order valence-corrected chi connectivity index (χ0v) is 17.0. The molecule has 0 radical (unpaired) electrons. The highest BCUT2D eigenvalue weighted by molar-refractivity contribution is 5.95. The first-order chi connectivity index (χ1) is 14.9. The van der Waals surface area contributed by atoms with Crippen molar-refractivity contribution in [2.75, 3.05) is 13.1 Å². The molecule has 7 heteroatoms. The fourth-order valence-electron chi connectivity index (χ4n) is 4.04. The molecule has 1 fully saturated rings. The summed E-state index contributed by atoms with van der Waals surface area (Å²) in [5, 5.41) is 14.1. The molecule has 2 heterocycles. The van der Waals surface area contributed by atoms with E-state index in [1.165, 1.54) is 29.6 Å². The van der Waals surface area contributed by atoms with E-state index in [1.807, 2.05) is 30.3 Å². The van der Waals surface area contributed by atoms with E-state index in [0.717, 1.165) is 11.1 Å². The number of carbonyl (C=O) groups is 2. The molecule has 2 amide bonds. The maximum absolute atomic E-state index is 14.3. The Morgan fingerprint density at radius 2 is 1.97 bits per heavy atom. The Labute approximate surface area is 179 Å².